The van der Waals surface area contributed by atoms with Crippen LogP contribution in [0.4, 0.5) is 11.4 Å². The van der Waals surface area contributed by atoms with Crippen molar-refractivity contribution in [1.29, 1.82) is 0 Å². The monoisotopic (exact) mass is 310 g/mol. The van der Waals surface area contributed by atoms with Gasteiger partial charge in [0.1, 0.15) is 0 Å². The molecule has 2 aromatic rings. The van der Waals surface area contributed by atoms with E-state index in [0.29, 0.717) is 0 Å². The van der Waals surface area contributed by atoms with E-state index in [2.05, 4.69) is 79.5 Å². The molecule has 2 aromatic carbocycles. The lowest BCUT2D eigenvalue weighted by atomic mass is 9.68. The molecule has 0 saturated carbocycles. The molecule has 0 aromatic heterocycles. The Hall–Kier alpha value is -1.45. The molecule has 3 heteroatoms. The van der Waals surface area contributed by atoms with Crippen molar-refractivity contribution >= 4 is 23.1 Å². The second-order valence-corrected chi connectivity index (χ2v) is 8.34. The van der Waals surface area contributed by atoms with Gasteiger partial charge in [0.05, 0.1) is 16.9 Å². The molecule has 22 heavy (non-hydrogen) atoms. The highest BCUT2D eigenvalue weighted by molar-refractivity contribution is 7.99. The molecule has 0 amide bonds. The highest BCUT2D eigenvalue weighted by atomic mass is 32.2. The highest BCUT2D eigenvalue weighted by Gasteiger charge is 2.53. The summed E-state index contributed by atoms with van der Waals surface area (Å²) in [7, 11) is 0. The molecule has 4 rings (SSSR count). The quantitative estimate of drug-likeness (QED) is 0.823. The summed E-state index contributed by atoms with van der Waals surface area (Å²) in [5.74, 6) is 0. The zero-order valence-electron chi connectivity index (χ0n) is 13.4. The molecule has 2 heterocycles. The van der Waals surface area contributed by atoms with Crippen molar-refractivity contribution < 1.29 is 0 Å². The predicted molar refractivity (Wildman–Crippen MR) is 94.2 cm³/mol. The summed E-state index contributed by atoms with van der Waals surface area (Å²) < 4.78 is 0. The average molecular weight is 310 g/mol. The van der Waals surface area contributed by atoms with Crippen LogP contribution in [0.25, 0.3) is 0 Å². The van der Waals surface area contributed by atoms with Crippen LogP contribution in [-0.4, -0.2) is 18.6 Å². The van der Waals surface area contributed by atoms with Crippen molar-refractivity contribution in [1.82, 2.24) is 5.32 Å². The SMILES string of the molecule is CC(C)(C)C1(N2c3ccccc3Sc3ccccc32)CNC1. The predicted octanol–water partition coefficient (Wildman–Crippen LogP) is 4.68. The van der Waals surface area contributed by atoms with Crippen molar-refractivity contribution in [3.63, 3.8) is 0 Å². The number of hydrogen-bond donors (Lipinski definition) is 1. The lowest BCUT2D eigenvalue weighted by Crippen LogP contribution is -2.74. The molecule has 0 atom stereocenters. The molecule has 1 saturated heterocycles. The summed E-state index contributed by atoms with van der Waals surface area (Å²) in [6.45, 7) is 9.15. The molecule has 2 aliphatic heterocycles. The summed E-state index contributed by atoms with van der Waals surface area (Å²) >= 11 is 1.89. The summed E-state index contributed by atoms with van der Waals surface area (Å²) in [6, 6.07) is 17.6. The Kier molecular flexibility index (Phi) is 3.07. The minimum absolute atomic E-state index is 0.125. The van der Waals surface area contributed by atoms with Gasteiger partial charge in [-0.1, -0.05) is 56.8 Å². The van der Waals surface area contributed by atoms with E-state index in [1.54, 1.807) is 0 Å². The third-order valence-corrected chi connectivity index (χ3v) is 6.22. The minimum atomic E-state index is 0.125. The lowest BCUT2D eigenvalue weighted by molar-refractivity contribution is 0.117. The van der Waals surface area contributed by atoms with E-state index in [-0.39, 0.29) is 11.0 Å². The van der Waals surface area contributed by atoms with Crippen molar-refractivity contribution in [2.24, 2.45) is 5.41 Å². The third-order valence-electron chi connectivity index (χ3n) is 5.09. The fourth-order valence-corrected chi connectivity index (χ4v) is 4.61. The molecule has 1 fully saturated rings. The maximum atomic E-state index is 3.52. The van der Waals surface area contributed by atoms with Gasteiger partial charge in [-0.3, -0.25) is 0 Å². The molecule has 0 radical (unpaired) electrons. The molecule has 0 bridgehead atoms. The number of para-hydroxylation sites is 2. The first-order valence-corrected chi connectivity index (χ1v) is 8.71. The Morgan fingerprint density at radius 2 is 1.41 bits per heavy atom. The van der Waals surface area contributed by atoms with E-state index in [0.717, 1.165) is 13.1 Å². The van der Waals surface area contributed by atoms with Crippen LogP contribution in [0.15, 0.2) is 58.3 Å². The van der Waals surface area contributed by atoms with Gasteiger partial charge in [-0.25, -0.2) is 0 Å². The van der Waals surface area contributed by atoms with Gasteiger partial charge in [0, 0.05) is 22.9 Å². The first-order chi connectivity index (χ1) is 10.5. The maximum Gasteiger partial charge on any atom is 0.0748 e. The molecular weight excluding hydrogens is 288 g/mol. The van der Waals surface area contributed by atoms with Crippen LogP contribution in [0.3, 0.4) is 0 Å². The van der Waals surface area contributed by atoms with Gasteiger partial charge in [-0.15, -0.1) is 0 Å². The van der Waals surface area contributed by atoms with E-state index >= 15 is 0 Å². The molecule has 114 valence electrons. The largest absolute Gasteiger partial charge is 0.330 e. The summed E-state index contributed by atoms with van der Waals surface area (Å²) in [5, 5.41) is 3.52. The van der Waals surface area contributed by atoms with Crippen LogP contribution in [0.1, 0.15) is 20.8 Å². The van der Waals surface area contributed by atoms with Crippen LogP contribution in [0, 0.1) is 5.41 Å². The molecule has 2 aliphatic rings. The molecule has 2 nitrogen and oxygen atoms in total. The van der Waals surface area contributed by atoms with Crippen molar-refractivity contribution in [2.45, 2.75) is 36.1 Å². The average Bonchev–Trinajstić information content (AvgIpc) is 2.44. The zero-order chi connectivity index (χ0) is 15.4. The fraction of sp³-hybridized carbons (Fsp3) is 0.368. The second-order valence-electron chi connectivity index (χ2n) is 7.26. The van der Waals surface area contributed by atoms with E-state index in [9.17, 15) is 0 Å². The Morgan fingerprint density at radius 1 is 0.909 bits per heavy atom. The normalized spacial score (nSPS) is 19.1. The fourth-order valence-electron chi connectivity index (χ4n) is 3.55. The van der Waals surface area contributed by atoms with Gasteiger partial charge in [-0.2, -0.15) is 0 Å². The van der Waals surface area contributed by atoms with Gasteiger partial charge in [0.15, 0.2) is 0 Å². The number of hydrogen-bond acceptors (Lipinski definition) is 3. The number of benzene rings is 2. The number of fused-ring (bicyclic) bond motifs is 2. The summed E-state index contributed by atoms with van der Waals surface area (Å²) in [4.78, 5) is 5.32. The van der Waals surface area contributed by atoms with Gasteiger partial charge >= 0.3 is 0 Å². The lowest BCUT2D eigenvalue weighted by Gasteiger charge is -2.60. The Balaban J connectivity index is 1.95. The second kappa shape index (κ2) is 4.77. The van der Waals surface area contributed by atoms with Crippen molar-refractivity contribution in [2.75, 3.05) is 18.0 Å². The van der Waals surface area contributed by atoms with Crippen molar-refractivity contribution in [3.05, 3.63) is 48.5 Å². The first kappa shape index (κ1) is 14.2. The van der Waals surface area contributed by atoms with E-state index < -0.39 is 0 Å². The highest BCUT2D eigenvalue weighted by Crippen LogP contribution is 2.54. The zero-order valence-corrected chi connectivity index (χ0v) is 14.2. The molecule has 1 N–H and O–H groups in total. The van der Waals surface area contributed by atoms with E-state index in [1.807, 2.05) is 11.8 Å². The summed E-state index contributed by atoms with van der Waals surface area (Å²) in [5.41, 5.74) is 3.02. The smallest absolute Gasteiger partial charge is 0.0748 e. The van der Waals surface area contributed by atoms with E-state index in [4.69, 9.17) is 0 Å². The van der Waals surface area contributed by atoms with Crippen LogP contribution in [0.5, 0.6) is 0 Å². The molecular formula is C19H22N2S. The number of rotatable bonds is 1. The number of anilines is 2. The standard InChI is InChI=1S/C19H22N2S/c1-18(2,3)19(12-20-13-19)21-14-8-4-6-10-16(14)22-17-11-7-5-9-15(17)21/h4-11,20H,12-13H2,1-3H3. The van der Waals surface area contributed by atoms with E-state index in [1.165, 1.54) is 21.2 Å². The maximum absolute atomic E-state index is 3.52. The van der Waals surface area contributed by atoms with Gasteiger partial charge < -0.3 is 10.2 Å². The Bertz CT molecular complexity index is 668. The Morgan fingerprint density at radius 3 is 1.82 bits per heavy atom. The van der Waals surface area contributed by atoms with Crippen LogP contribution in [-0.2, 0) is 0 Å². The summed E-state index contributed by atoms with van der Waals surface area (Å²) in [6.07, 6.45) is 0. The number of nitrogens with one attached hydrogen (secondary N) is 1. The first-order valence-electron chi connectivity index (χ1n) is 7.90. The van der Waals surface area contributed by atoms with Gasteiger partial charge in [0.25, 0.3) is 0 Å². The van der Waals surface area contributed by atoms with Gasteiger partial charge in [-0.05, 0) is 29.7 Å². The van der Waals surface area contributed by atoms with Crippen LogP contribution < -0.4 is 10.2 Å². The number of nitrogens with zero attached hydrogens (tertiary/aromatic N) is 1. The third kappa shape index (κ3) is 1.85. The minimum Gasteiger partial charge on any atom is -0.330 e. The van der Waals surface area contributed by atoms with Crippen LogP contribution in [0.2, 0.25) is 0 Å². The topological polar surface area (TPSA) is 15.3 Å². The Labute approximate surface area is 136 Å². The molecule has 0 spiro atoms. The van der Waals surface area contributed by atoms with Crippen molar-refractivity contribution in [3.8, 4) is 0 Å². The molecule has 0 aliphatic carbocycles. The van der Waals surface area contributed by atoms with Gasteiger partial charge in [0.2, 0.25) is 0 Å². The van der Waals surface area contributed by atoms with Crippen LogP contribution >= 0.6 is 11.8 Å². The molecule has 0 unspecified atom stereocenters.